The molecule has 3 heteroatoms. The number of benzene rings is 1. The van der Waals surface area contributed by atoms with Crippen molar-refractivity contribution >= 4 is 5.78 Å². The van der Waals surface area contributed by atoms with Crippen LogP contribution in [0, 0.1) is 5.41 Å². The number of carbonyl (C=O) groups is 1. The summed E-state index contributed by atoms with van der Waals surface area (Å²) >= 11 is 0. The van der Waals surface area contributed by atoms with Gasteiger partial charge < -0.3 is 9.47 Å². The standard InChI is InChI=1S/C22H32O3/c1-4-13-25-16(2)5-6-17-7-8-18-15-22(21(23)20(18)14-17)11-9-19(24-3)10-12-22/h7-8,14,16,19H,4-6,9-13,15H2,1-3H3/t16?,19-,22-. The molecule has 1 aromatic carbocycles. The fourth-order valence-electron chi connectivity index (χ4n) is 4.43. The van der Waals surface area contributed by atoms with Gasteiger partial charge in [0.15, 0.2) is 5.78 Å². The molecule has 138 valence electrons. The van der Waals surface area contributed by atoms with Gasteiger partial charge in [-0.25, -0.2) is 0 Å². The SMILES string of the molecule is CCCOC(C)CCc1ccc2c(c1)C(=O)[C@]1(CC[C@H](OC)CC1)C2. The van der Waals surface area contributed by atoms with E-state index in [4.69, 9.17) is 9.47 Å². The fourth-order valence-corrected chi connectivity index (χ4v) is 4.43. The molecule has 2 aliphatic carbocycles. The second kappa shape index (κ2) is 8.01. The molecule has 1 atom stereocenters. The maximum absolute atomic E-state index is 13.1. The summed E-state index contributed by atoms with van der Waals surface area (Å²) in [7, 11) is 1.78. The van der Waals surface area contributed by atoms with Crippen molar-refractivity contribution in [2.75, 3.05) is 13.7 Å². The molecule has 1 aromatic rings. The van der Waals surface area contributed by atoms with Gasteiger partial charge in [0.25, 0.3) is 0 Å². The molecule has 0 saturated heterocycles. The van der Waals surface area contributed by atoms with Crippen LogP contribution in [0.4, 0.5) is 0 Å². The Labute approximate surface area is 152 Å². The van der Waals surface area contributed by atoms with Gasteiger partial charge in [0.1, 0.15) is 0 Å². The van der Waals surface area contributed by atoms with Crippen LogP contribution in [0.2, 0.25) is 0 Å². The maximum Gasteiger partial charge on any atom is 0.169 e. The number of ketones is 1. The van der Waals surface area contributed by atoms with Crippen molar-refractivity contribution in [3.05, 3.63) is 34.9 Å². The van der Waals surface area contributed by atoms with E-state index in [2.05, 4.69) is 32.0 Å². The van der Waals surface area contributed by atoms with Gasteiger partial charge in [-0.05, 0) is 75.5 Å². The highest BCUT2D eigenvalue weighted by Gasteiger charge is 2.47. The predicted molar refractivity (Wildman–Crippen MR) is 100 cm³/mol. The summed E-state index contributed by atoms with van der Waals surface area (Å²) in [5.74, 6) is 0.384. The highest BCUT2D eigenvalue weighted by Crippen LogP contribution is 2.47. The summed E-state index contributed by atoms with van der Waals surface area (Å²) in [6, 6.07) is 6.55. The lowest BCUT2D eigenvalue weighted by atomic mass is 9.70. The van der Waals surface area contributed by atoms with E-state index in [0.717, 1.165) is 63.5 Å². The molecule has 0 amide bonds. The van der Waals surface area contributed by atoms with E-state index in [9.17, 15) is 4.79 Å². The van der Waals surface area contributed by atoms with Crippen LogP contribution in [0.25, 0.3) is 0 Å². The molecule has 1 saturated carbocycles. The van der Waals surface area contributed by atoms with Gasteiger partial charge in [0.2, 0.25) is 0 Å². The van der Waals surface area contributed by atoms with E-state index < -0.39 is 0 Å². The molecule has 0 radical (unpaired) electrons. The van der Waals surface area contributed by atoms with Gasteiger partial charge in [-0.3, -0.25) is 4.79 Å². The lowest BCUT2D eigenvalue weighted by Crippen LogP contribution is -2.35. The average molecular weight is 344 g/mol. The first-order valence-corrected chi connectivity index (χ1v) is 9.89. The van der Waals surface area contributed by atoms with Crippen molar-refractivity contribution in [1.82, 2.24) is 0 Å². The van der Waals surface area contributed by atoms with Gasteiger partial charge in [0, 0.05) is 24.7 Å². The van der Waals surface area contributed by atoms with Crippen molar-refractivity contribution in [3.63, 3.8) is 0 Å². The van der Waals surface area contributed by atoms with Crippen molar-refractivity contribution < 1.29 is 14.3 Å². The highest BCUT2D eigenvalue weighted by atomic mass is 16.5. The summed E-state index contributed by atoms with van der Waals surface area (Å²) in [6.45, 7) is 5.10. The number of methoxy groups -OCH3 is 1. The molecule has 3 rings (SSSR count). The minimum absolute atomic E-state index is 0.145. The monoisotopic (exact) mass is 344 g/mol. The van der Waals surface area contributed by atoms with E-state index in [1.165, 1.54) is 11.1 Å². The zero-order valence-electron chi connectivity index (χ0n) is 16.0. The molecular weight excluding hydrogens is 312 g/mol. The van der Waals surface area contributed by atoms with E-state index in [-0.39, 0.29) is 11.5 Å². The Balaban J connectivity index is 1.64. The van der Waals surface area contributed by atoms with Crippen LogP contribution in [0.15, 0.2) is 18.2 Å². The molecule has 0 heterocycles. The number of aryl methyl sites for hydroxylation is 1. The Hall–Kier alpha value is -1.19. The first-order chi connectivity index (χ1) is 12.1. The molecule has 25 heavy (non-hydrogen) atoms. The van der Waals surface area contributed by atoms with E-state index in [0.29, 0.717) is 11.9 Å². The van der Waals surface area contributed by atoms with E-state index in [1.54, 1.807) is 7.11 Å². The fraction of sp³-hybridized carbons (Fsp3) is 0.682. The zero-order valence-corrected chi connectivity index (χ0v) is 16.0. The number of ether oxygens (including phenoxy) is 2. The second-order valence-corrected chi connectivity index (χ2v) is 7.93. The van der Waals surface area contributed by atoms with Gasteiger partial charge in [0.05, 0.1) is 12.2 Å². The Kier molecular flexibility index (Phi) is 5.96. The quantitative estimate of drug-likeness (QED) is 0.716. The number of rotatable bonds is 7. The van der Waals surface area contributed by atoms with Gasteiger partial charge >= 0.3 is 0 Å². The van der Waals surface area contributed by atoms with Crippen molar-refractivity contribution in [1.29, 1.82) is 0 Å². The molecule has 0 bridgehead atoms. The molecule has 1 spiro atoms. The molecular formula is C22H32O3. The largest absolute Gasteiger partial charge is 0.381 e. The van der Waals surface area contributed by atoms with Crippen molar-refractivity contribution in [2.45, 2.75) is 77.4 Å². The second-order valence-electron chi connectivity index (χ2n) is 7.93. The van der Waals surface area contributed by atoms with Crippen LogP contribution in [-0.4, -0.2) is 31.7 Å². The summed E-state index contributed by atoms with van der Waals surface area (Å²) in [5, 5.41) is 0. The van der Waals surface area contributed by atoms with Crippen LogP contribution >= 0.6 is 0 Å². The van der Waals surface area contributed by atoms with Crippen LogP contribution in [-0.2, 0) is 22.3 Å². The van der Waals surface area contributed by atoms with E-state index >= 15 is 0 Å². The average Bonchev–Trinajstić information content (AvgIpc) is 2.90. The van der Waals surface area contributed by atoms with Gasteiger partial charge in [-0.15, -0.1) is 0 Å². The summed E-state index contributed by atoms with van der Waals surface area (Å²) in [4.78, 5) is 13.1. The third-order valence-electron chi connectivity index (χ3n) is 6.10. The molecule has 2 aliphatic rings. The topological polar surface area (TPSA) is 35.5 Å². The van der Waals surface area contributed by atoms with Crippen LogP contribution in [0.5, 0.6) is 0 Å². The molecule has 0 aromatic heterocycles. The van der Waals surface area contributed by atoms with E-state index in [1.807, 2.05) is 0 Å². The van der Waals surface area contributed by atoms with Crippen molar-refractivity contribution in [3.8, 4) is 0 Å². The summed E-state index contributed by atoms with van der Waals surface area (Å²) in [5.41, 5.74) is 3.35. The summed E-state index contributed by atoms with van der Waals surface area (Å²) < 4.78 is 11.2. The number of carbonyl (C=O) groups excluding carboxylic acids is 1. The molecule has 1 fully saturated rings. The smallest absolute Gasteiger partial charge is 0.169 e. The lowest BCUT2D eigenvalue weighted by Gasteiger charge is -2.35. The lowest BCUT2D eigenvalue weighted by molar-refractivity contribution is 0.0285. The molecule has 0 N–H and O–H groups in total. The normalized spacial score (nSPS) is 26.8. The van der Waals surface area contributed by atoms with Gasteiger partial charge in [-0.2, -0.15) is 0 Å². The Morgan fingerprint density at radius 2 is 2.04 bits per heavy atom. The zero-order chi connectivity index (χ0) is 17.9. The van der Waals surface area contributed by atoms with Crippen LogP contribution < -0.4 is 0 Å². The third kappa shape index (κ3) is 3.98. The number of Topliss-reactive ketones (excluding diaryl/α,β-unsaturated/α-hetero) is 1. The van der Waals surface area contributed by atoms with Crippen molar-refractivity contribution in [2.24, 2.45) is 5.41 Å². The number of hydrogen-bond donors (Lipinski definition) is 0. The number of hydrogen-bond acceptors (Lipinski definition) is 3. The molecule has 3 nitrogen and oxygen atoms in total. The first-order valence-electron chi connectivity index (χ1n) is 9.89. The van der Waals surface area contributed by atoms with Gasteiger partial charge in [-0.1, -0.05) is 19.1 Å². The first kappa shape index (κ1) is 18.6. The predicted octanol–water partition coefficient (Wildman–Crippen LogP) is 4.75. The van der Waals surface area contributed by atoms with Crippen LogP contribution in [0.3, 0.4) is 0 Å². The Bertz CT molecular complexity index is 599. The van der Waals surface area contributed by atoms with Crippen LogP contribution in [0.1, 0.15) is 73.9 Å². The minimum Gasteiger partial charge on any atom is -0.381 e. The Morgan fingerprint density at radius 3 is 2.72 bits per heavy atom. The summed E-state index contributed by atoms with van der Waals surface area (Å²) in [6.07, 6.45) is 8.54. The molecule has 0 aliphatic heterocycles. The number of fused-ring (bicyclic) bond motifs is 1. The minimum atomic E-state index is -0.145. The molecule has 1 unspecified atom stereocenters. The maximum atomic E-state index is 13.1. The Morgan fingerprint density at radius 1 is 1.28 bits per heavy atom. The highest BCUT2D eigenvalue weighted by molar-refractivity contribution is 6.05. The third-order valence-corrected chi connectivity index (χ3v) is 6.10.